The van der Waals surface area contributed by atoms with Crippen molar-refractivity contribution < 1.29 is 22.7 Å². The summed E-state index contributed by atoms with van der Waals surface area (Å²) in [6, 6.07) is 9.40. The molecule has 0 saturated carbocycles. The van der Waals surface area contributed by atoms with Crippen LogP contribution in [-0.4, -0.2) is 41.3 Å². The van der Waals surface area contributed by atoms with Gasteiger partial charge < -0.3 is 10.1 Å². The monoisotopic (exact) mass is 506 g/mol. The molecule has 4 aromatic rings. The van der Waals surface area contributed by atoms with Crippen molar-refractivity contribution in [2.24, 2.45) is 0 Å². The number of pyridine rings is 1. The molecular weight excluding hydrogens is 488 g/mol. The van der Waals surface area contributed by atoms with E-state index < -0.39 is 10.0 Å². The molecule has 3 aromatic heterocycles. The molecule has 4 rings (SSSR count). The van der Waals surface area contributed by atoms with E-state index in [9.17, 15) is 18.0 Å². The molecule has 0 fully saturated rings. The Kier molecular flexibility index (Phi) is 6.37. The van der Waals surface area contributed by atoms with Crippen molar-refractivity contribution >= 4 is 71.2 Å². The number of fused-ring (bicyclic) bond motifs is 2. The molecule has 0 radical (unpaired) electrons. The molecule has 0 aliphatic carbocycles. The Labute approximate surface area is 198 Å². The number of ether oxygens (including phenoxy) is 1. The Bertz CT molecular complexity index is 1490. The third-order valence-electron chi connectivity index (χ3n) is 4.87. The number of nitrogens with zero attached hydrogens (tertiary/aromatic N) is 3. The lowest BCUT2D eigenvalue weighted by Gasteiger charge is -2.12. The first-order chi connectivity index (χ1) is 15.7. The summed E-state index contributed by atoms with van der Waals surface area (Å²) in [7, 11) is -2.71. The highest BCUT2D eigenvalue weighted by Crippen LogP contribution is 2.31. The fourth-order valence-corrected chi connectivity index (χ4v) is 6.20. The summed E-state index contributed by atoms with van der Waals surface area (Å²) in [4.78, 5) is 31.4. The van der Waals surface area contributed by atoms with Crippen LogP contribution in [0.15, 0.2) is 41.3 Å². The maximum Gasteiger partial charge on any atom is 0.305 e. The zero-order valence-electron chi connectivity index (χ0n) is 17.7. The Hall–Kier alpha value is -3.02. The Morgan fingerprint density at radius 3 is 2.67 bits per heavy atom. The number of rotatable bonds is 7. The first-order valence-corrected chi connectivity index (χ1v) is 12.5. The predicted molar refractivity (Wildman–Crippen MR) is 126 cm³/mol. The zero-order valence-corrected chi connectivity index (χ0v) is 20.1. The van der Waals surface area contributed by atoms with Crippen LogP contribution in [0.2, 0.25) is 5.15 Å². The average Bonchev–Trinajstić information content (AvgIpc) is 3.32. The van der Waals surface area contributed by atoms with Gasteiger partial charge in [-0.05, 0) is 49.2 Å². The maximum absolute atomic E-state index is 13.7. The third-order valence-corrected chi connectivity index (χ3v) is 7.78. The summed E-state index contributed by atoms with van der Waals surface area (Å²) in [5, 5.41) is 3.25. The maximum atomic E-state index is 13.7. The number of aromatic nitrogens is 3. The summed E-state index contributed by atoms with van der Waals surface area (Å²) in [5.74, 6) is -0.629. The Morgan fingerprint density at radius 2 is 1.94 bits per heavy atom. The van der Waals surface area contributed by atoms with E-state index in [-0.39, 0.29) is 28.3 Å². The summed E-state index contributed by atoms with van der Waals surface area (Å²) in [6.07, 6.45) is 0.878. The summed E-state index contributed by atoms with van der Waals surface area (Å²) in [5.41, 5.74) is 1.88. The number of methoxy groups -OCH3 is 1. The summed E-state index contributed by atoms with van der Waals surface area (Å²) in [6.45, 7) is 1.38. The number of esters is 1. The highest BCUT2D eigenvalue weighted by Gasteiger charge is 2.24. The molecule has 9 nitrogen and oxygen atoms in total. The van der Waals surface area contributed by atoms with Crippen molar-refractivity contribution in [3.63, 3.8) is 0 Å². The Balaban J connectivity index is 1.79. The van der Waals surface area contributed by atoms with E-state index in [1.807, 2.05) is 0 Å². The van der Waals surface area contributed by atoms with E-state index in [0.717, 1.165) is 0 Å². The smallest absolute Gasteiger partial charge is 0.305 e. The normalized spacial score (nSPS) is 11.7. The lowest BCUT2D eigenvalue weighted by atomic mass is 10.2. The van der Waals surface area contributed by atoms with E-state index in [4.69, 9.17) is 11.6 Å². The third kappa shape index (κ3) is 4.70. The van der Waals surface area contributed by atoms with E-state index in [0.29, 0.717) is 44.9 Å². The molecule has 0 atom stereocenters. The number of benzene rings is 1. The second kappa shape index (κ2) is 9.08. The minimum Gasteiger partial charge on any atom is -0.469 e. The molecular formula is C21H19ClN4O5S2. The quantitative estimate of drug-likeness (QED) is 0.297. The summed E-state index contributed by atoms with van der Waals surface area (Å²) < 4.78 is 34.0. The lowest BCUT2D eigenvalue weighted by Crippen LogP contribution is -2.16. The first kappa shape index (κ1) is 23.1. The SMILES string of the molecule is COC(=O)CCCc1cc2nc(Cl)ccc2n1S(=O)(=O)c1ccc2nc(NC(C)=O)sc2c1. The molecule has 0 spiro atoms. The van der Waals surface area contributed by atoms with Crippen LogP contribution in [0, 0.1) is 0 Å². The molecule has 1 aromatic carbocycles. The molecule has 0 saturated heterocycles. The second-order valence-electron chi connectivity index (χ2n) is 7.20. The van der Waals surface area contributed by atoms with Gasteiger partial charge in [-0.2, -0.15) is 0 Å². The highest BCUT2D eigenvalue weighted by molar-refractivity contribution is 7.90. The van der Waals surface area contributed by atoms with E-state index in [1.165, 1.54) is 47.5 Å². The van der Waals surface area contributed by atoms with Gasteiger partial charge in [-0.3, -0.25) is 9.59 Å². The van der Waals surface area contributed by atoms with Crippen molar-refractivity contribution in [1.29, 1.82) is 0 Å². The van der Waals surface area contributed by atoms with Crippen LogP contribution in [0.1, 0.15) is 25.5 Å². The fraction of sp³-hybridized carbons (Fsp3) is 0.238. The molecule has 0 bridgehead atoms. The topological polar surface area (TPSA) is 120 Å². The molecule has 33 heavy (non-hydrogen) atoms. The van der Waals surface area contributed by atoms with E-state index in [1.54, 1.807) is 18.2 Å². The van der Waals surface area contributed by atoms with Crippen molar-refractivity contribution in [3.05, 3.63) is 47.2 Å². The van der Waals surface area contributed by atoms with Gasteiger partial charge in [0.25, 0.3) is 10.0 Å². The number of carbonyl (C=O) groups excluding carboxylic acids is 2. The minimum absolute atomic E-state index is 0.0645. The number of halogens is 1. The van der Waals surface area contributed by atoms with Crippen LogP contribution in [0.4, 0.5) is 5.13 Å². The molecule has 0 aliphatic heterocycles. The molecule has 172 valence electrons. The van der Waals surface area contributed by atoms with Gasteiger partial charge in [0.05, 0.1) is 33.3 Å². The molecule has 0 aliphatic rings. The van der Waals surface area contributed by atoms with Gasteiger partial charge in [0, 0.05) is 19.0 Å². The fourth-order valence-electron chi connectivity index (χ4n) is 3.44. The lowest BCUT2D eigenvalue weighted by molar-refractivity contribution is -0.140. The number of carbonyl (C=O) groups is 2. The van der Waals surface area contributed by atoms with Crippen LogP contribution >= 0.6 is 22.9 Å². The highest BCUT2D eigenvalue weighted by atomic mass is 35.5. The van der Waals surface area contributed by atoms with Gasteiger partial charge in [-0.15, -0.1) is 0 Å². The van der Waals surface area contributed by atoms with Crippen molar-refractivity contribution in [1.82, 2.24) is 13.9 Å². The molecule has 0 unspecified atom stereocenters. The van der Waals surface area contributed by atoms with Crippen LogP contribution in [0.25, 0.3) is 21.3 Å². The number of hydrogen-bond donors (Lipinski definition) is 1. The first-order valence-electron chi connectivity index (χ1n) is 9.86. The van der Waals surface area contributed by atoms with Crippen LogP contribution in [0.3, 0.4) is 0 Å². The average molecular weight is 507 g/mol. The van der Waals surface area contributed by atoms with Crippen molar-refractivity contribution in [2.45, 2.75) is 31.1 Å². The number of thiazole rings is 1. The van der Waals surface area contributed by atoms with Gasteiger partial charge in [0.15, 0.2) is 5.13 Å². The Morgan fingerprint density at radius 1 is 1.15 bits per heavy atom. The number of amides is 1. The van der Waals surface area contributed by atoms with Gasteiger partial charge in [-0.1, -0.05) is 22.9 Å². The standard InChI is InChI=1S/C21H19ClN4O5S2/c1-12(27)23-21-25-15-7-6-14(11-18(15)32-21)33(29,30)26-13(4-3-5-20(28)31-2)10-16-17(26)8-9-19(22)24-16/h6-11H,3-5H2,1-2H3,(H,23,25,27). The van der Waals surface area contributed by atoms with Gasteiger partial charge in [0.1, 0.15) is 5.15 Å². The van der Waals surface area contributed by atoms with Crippen LogP contribution in [-0.2, 0) is 30.8 Å². The largest absolute Gasteiger partial charge is 0.469 e. The van der Waals surface area contributed by atoms with E-state index >= 15 is 0 Å². The molecule has 3 heterocycles. The molecule has 12 heteroatoms. The minimum atomic E-state index is -4.02. The second-order valence-corrected chi connectivity index (χ2v) is 10.4. The van der Waals surface area contributed by atoms with Gasteiger partial charge >= 0.3 is 5.97 Å². The molecule has 1 N–H and O–H groups in total. The van der Waals surface area contributed by atoms with Crippen LogP contribution < -0.4 is 5.32 Å². The number of nitrogens with one attached hydrogen (secondary N) is 1. The predicted octanol–water partition coefficient (Wildman–Crippen LogP) is 3.99. The van der Waals surface area contributed by atoms with Crippen LogP contribution in [0.5, 0.6) is 0 Å². The number of anilines is 1. The van der Waals surface area contributed by atoms with E-state index in [2.05, 4.69) is 20.0 Å². The van der Waals surface area contributed by atoms with Crippen molar-refractivity contribution in [3.8, 4) is 0 Å². The summed E-state index contributed by atoms with van der Waals surface area (Å²) >= 11 is 7.20. The number of hydrogen-bond acceptors (Lipinski definition) is 8. The van der Waals surface area contributed by atoms with Gasteiger partial charge in [-0.25, -0.2) is 22.4 Å². The van der Waals surface area contributed by atoms with Crippen molar-refractivity contribution in [2.75, 3.05) is 12.4 Å². The molecule has 1 amide bonds. The van der Waals surface area contributed by atoms with Gasteiger partial charge in [0.2, 0.25) is 5.91 Å². The number of aryl methyl sites for hydroxylation is 1. The zero-order chi connectivity index (χ0) is 23.8.